The van der Waals surface area contributed by atoms with Crippen molar-refractivity contribution in [3.8, 4) is 0 Å². The van der Waals surface area contributed by atoms with Gasteiger partial charge in [-0.05, 0) is 43.4 Å². The quantitative estimate of drug-likeness (QED) is 0.642. The normalized spacial score (nSPS) is 37.3. The van der Waals surface area contributed by atoms with Gasteiger partial charge in [-0.3, -0.25) is 4.79 Å². The van der Waals surface area contributed by atoms with E-state index in [-0.39, 0.29) is 0 Å². The van der Waals surface area contributed by atoms with E-state index < -0.39 is 11.4 Å². The Labute approximate surface area is 130 Å². The Kier molecular flexibility index (Phi) is 6.13. The van der Waals surface area contributed by atoms with E-state index in [9.17, 15) is 9.90 Å². The first-order valence-corrected chi connectivity index (χ1v) is 9.34. The van der Waals surface area contributed by atoms with Crippen LogP contribution in [0.4, 0.5) is 0 Å². The third kappa shape index (κ3) is 3.63. The first kappa shape index (κ1) is 16.8. The first-order chi connectivity index (χ1) is 10.1. The Morgan fingerprint density at radius 2 is 1.81 bits per heavy atom. The van der Waals surface area contributed by atoms with E-state index in [4.69, 9.17) is 0 Å². The molecule has 2 nitrogen and oxygen atoms in total. The number of hydrogen-bond acceptors (Lipinski definition) is 1. The topological polar surface area (TPSA) is 37.3 Å². The van der Waals surface area contributed by atoms with E-state index in [0.29, 0.717) is 11.8 Å². The molecule has 2 heteroatoms. The van der Waals surface area contributed by atoms with Gasteiger partial charge >= 0.3 is 5.97 Å². The van der Waals surface area contributed by atoms with Gasteiger partial charge in [-0.2, -0.15) is 0 Å². The molecular weight excluding hydrogens is 260 g/mol. The van der Waals surface area contributed by atoms with Crippen molar-refractivity contribution < 1.29 is 9.90 Å². The summed E-state index contributed by atoms with van der Waals surface area (Å²) in [5.74, 6) is 1.18. The summed E-state index contributed by atoms with van der Waals surface area (Å²) in [7, 11) is 0. The predicted octanol–water partition coefficient (Wildman–Crippen LogP) is 5.65. The zero-order valence-electron chi connectivity index (χ0n) is 14.1. The van der Waals surface area contributed by atoms with Crippen molar-refractivity contribution in [1.29, 1.82) is 0 Å². The van der Waals surface area contributed by atoms with Gasteiger partial charge in [-0.25, -0.2) is 0 Å². The lowest BCUT2D eigenvalue weighted by molar-refractivity contribution is -0.162. The maximum absolute atomic E-state index is 12.1. The summed E-state index contributed by atoms with van der Waals surface area (Å²) in [6.07, 6.45) is 14.6. The summed E-state index contributed by atoms with van der Waals surface area (Å²) in [6.45, 7) is 4.46. The van der Waals surface area contributed by atoms with Crippen molar-refractivity contribution >= 4 is 5.97 Å². The molecule has 21 heavy (non-hydrogen) atoms. The van der Waals surface area contributed by atoms with Gasteiger partial charge in [0.15, 0.2) is 0 Å². The van der Waals surface area contributed by atoms with Crippen LogP contribution in [0.15, 0.2) is 0 Å². The third-order valence-corrected chi connectivity index (χ3v) is 6.55. The standard InChI is InChI=1S/C19H34O2/c1-3-4-5-9-16-10-12-17(13-11-16)19(18(20)21)14-7-6-8-15(19)2/h15-17H,3-14H2,1-2H3,(H,20,21). The average molecular weight is 294 g/mol. The summed E-state index contributed by atoms with van der Waals surface area (Å²) in [5.41, 5.74) is -0.396. The molecule has 0 aromatic heterocycles. The molecule has 0 aromatic carbocycles. The minimum atomic E-state index is -0.496. The maximum atomic E-state index is 12.1. The Balaban J connectivity index is 1.93. The number of carbonyl (C=O) groups is 1. The van der Waals surface area contributed by atoms with Crippen LogP contribution < -0.4 is 0 Å². The largest absolute Gasteiger partial charge is 0.481 e. The third-order valence-electron chi connectivity index (χ3n) is 6.55. The first-order valence-electron chi connectivity index (χ1n) is 9.34. The van der Waals surface area contributed by atoms with E-state index in [2.05, 4.69) is 13.8 Å². The molecule has 0 spiro atoms. The monoisotopic (exact) mass is 294 g/mol. The Morgan fingerprint density at radius 1 is 1.10 bits per heavy atom. The van der Waals surface area contributed by atoms with Crippen LogP contribution in [-0.4, -0.2) is 11.1 Å². The summed E-state index contributed by atoms with van der Waals surface area (Å²) in [6, 6.07) is 0. The van der Waals surface area contributed by atoms with Crippen LogP contribution in [0.3, 0.4) is 0 Å². The van der Waals surface area contributed by atoms with E-state index in [0.717, 1.165) is 38.0 Å². The summed E-state index contributed by atoms with van der Waals surface area (Å²) in [4.78, 5) is 12.1. The predicted molar refractivity (Wildman–Crippen MR) is 87.3 cm³/mol. The molecule has 2 saturated carbocycles. The number of carboxylic acids is 1. The van der Waals surface area contributed by atoms with Crippen molar-refractivity contribution in [3.05, 3.63) is 0 Å². The van der Waals surface area contributed by atoms with Crippen molar-refractivity contribution in [2.75, 3.05) is 0 Å². The van der Waals surface area contributed by atoms with Crippen LogP contribution in [0, 0.1) is 23.2 Å². The van der Waals surface area contributed by atoms with Crippen molar-refractivity contribution in [1.82, 2.24) is 0 Å². The van der Waals surface area contributed by atoms with E-state index in [1.807, 2.05) is 0 Å². The second-order valence-corrected chi connectivity index (χ2v) is 7.71. The van der Waals surface area contributed by atoms with Crippen LogP contribution in [-0.2, 0) is 4.79 Å². The highest BCUT2D eigenvalue weighted by molar-refractivity contribution is 5.75. The molecule has 0 bridgehead atoms. The van der Waals surface area contributed by atoms with Crippen LogP contribution in [0.5, 0.6) is 0 Å². The number of carboxylic acid groups (broad SMARTS) is 1. The molecule has 2 aliphatic rings. The molecule has 0 amide bonds. The van der Waals surface area contributed by atoms with Gasteiger partial charge in [0.05, 0.1) is 5.41 Å². The van der Waals surface area contributed by atoms with Gasteiger partial charge in [0.2, 0.25) is 0 Å². The van der Waals surface area contributed by atoms with Gasteiger partial charge in [-0.15, -0.1) is 0 Å². The lowest BCUT2D eigenvalue weighted by atomic mass is 9.56. The molecule has 2 fully saturated rings. The Morgan fingerprint density at radius 3 is 2.38 bits per heavy atom. The van der Waals surface area contributed by atoms with Crippen LogP contribution in [0.1, 0.15) is 90.9 Å². The smallest absolute Gasteiger partial charge is 0.310 e. The average Bonchev–Trinajstić information content (AvgIpc) is 2.49. The minimum Gasteiger partial charge on any atom is -0.481 e. The maximum Gasteiger partial charge on any atom is 0.310 e. The Bertz CT molecular complexity index is 330. The highest BCUT2D eigenvalue weighted by atomic mass is 16.4. The summed E-state index contributed by atoms with van der Waals surface area (Å²) in [5, 5.41) is 9.95. The fourth-order valence-corrected chi connectivity index (χ4v) is 5.12. The lowest BCUT2D eigenvalue weighted by Crippen LogP contribution is -2.47. The van der Waals surface area contributed by atoms with Gasteiger partial charge in [0.1, 0.15) is 0 Å². The highest BCUT2D eigenvalue weighted by Crippen LogP contribution is 2.52. The fourth-order valence-electron chi connectivity index (χ4n) is 5.12. The zero-order valence-corrected chi connectivity index (χ0v) is 14.1. The minimum absolute atomic E-state index is 0.366. The van der Waals surface area contributed by atoms with Gasteiger partial charge in [-0.1, -0.05) is 65.2 Å². The molecule has 0 heterocycles. The van der Waals surface area contributed by atoms with E-state index in [1.54, 1.807) is 0 Å². The fraction of sp³-hybridized carbons (Fsp3) is 0.947. The number of aliphatic carboxylic acids is 1. The SMILES string of the molecule is CCCCCC1CCC(C2(C(=O)O)CCCCC2C)CC1. The van der Waals surface area contributed by atoms with Crippen LogP contribution in [0.25, 0.3) is 0 Å². The van der Waals surface area contributed by atoms with Gasteiger partial charge in [0.25, 0.3) is 0 Å². The number of rotatable bonds is 6. The highest BCUT2D eigenvalue weighted by Gasteiger charge is 2.51. The second-order valence-electron chi connectivity index (χ2n) is 7.71. The molecule has 0 aromatic rings. The molecule has 2 unspecified atom stereocenters. The zero-order chi connectivity index (χ0) is 15.3. The molecular formula is C19H34O2. The molecule has 2 rings (SSSR count). The van der Waals surface area contributed by atoms with Crippen molar-refractivity contribution in [2.45, 2.75) is 90.9 Å². The van der Waals surface area contributed by atoms with Gasteiger partial charge in [0, 0.05) is 0 Å². The van der Waals surface area contributed by atoms with Crippen molar-refractivity contribution in [3.63, 3.8) is 0 Å². The van der Waals surface area contributed by atoms with Crippen LogP contribution in [0.2, 0.25) is 0 Å². The number of unbranched alkanes of at least 4 members (excludes halogenated alkanes) is 2. The molecule has 2 atom stereocenters. The molecule has 1 N–H and O–H groups in total. The second kappa shape index (κ2) is 7.65. The van der Waals surface area contributed by atoms with E-state index >= 15 is 0 Å². The summed E-state index contributed by atoms with van der Waals surface area (Å²) < 4.78 is 0. The lowest BCUT2D eigenvalue weighted by Gasteiger charge is -2.47. The van der Waals surface area contributed by atoms with Crippen molar-refractivity contribution in [2.24, 2.45) is 23.2 Å². The van der Waals surface area contributed by atoms with Crippen LogP contribution >= 0.6 is 0 Å². The summed E-state index contributed by atoms with van der Waals surface area (Å²) >= 11 is 0. The molecule has 0 saturated heterocycles. The van der Waals surface area contributed by atoms with E-state index in [1.165, 1.54) is 44.9 Å². The molecule has 0 radical (unpaired) electrons. The molecule has 122 valence electrons. The number of hydrogen-bond donors (Lipinski definition) is 1. The molecule has 2 aliphatic carbocycles. The molecule has 0 aliphatic heterocycles. The Hall–Kier alpha value is -0.530. The van der Waals surface area contributed by atoms with Gasteiger partial charge < -0.3 is 5.11 Å².